The highest BCUT2D eigenvalue weighted by molar-refractivity contribution is 5.96. The Bertz CT molecular complexity index is 1330. The van der Waals surface area contributed by atoms with Gasteiger partial charge in [-0.1, -0.05) is 34.1 Å². The number of nitrogens with two attached hydrogens (primary N) is 3. The molecule has 0 saturated heterocycles. The van der Waals surface area contributed by atoms with Crippen molar-refractivity contribution in [1.82, 2.24) is 42.5 Å². The highest BCUT2D eigenvalue weighted by Crippen LogP contribution is 2.08. The van der Waals surface area contributed by atoms with Crippen molar-refractivity contribution in [1.29, 1.82) is 0 Å². The van der Waals surface area contributed by atoms with Crippen LogP contribution in [0.15, 0.2) is 0 Å². The van der Waals surface area contributed by atoms with Crippen LogP contribution in [-0.2, 0) is 43.2 Å². The molecule has 0 radical (unpaired) electrons. The van der Waals surface area contributed by atoms with Gasteiger partial charge in [0.15, 0.2) is 0 Å². The van der Waals surface area contributed by atoms with Gasteiger partial charge < -0.3 is 64.8 Å². The molecule has 8 amide bonds. The Labute approximate surface area is 328 Å². The number of unbranched alkanes of at least 4 members (excludes halogenated alkanes) is 2. The zero-order valence-corrected chi connectivity index (χ0v) is 33.5. The molecule has 15 N–H and O–H groups in total. The number of carbonyl (C=O) groups excluding carboxylic acids is 8. The van der Waals surface area contributed by atoms with Crippen LogP contribution in [0.3, 0.4) is 0 Å². The number of nitrogens with one attached hydrogen (secondary N) is 8. The largest absolute Gasteiger partial charge is 0.480 e. The summed E-state index contributed by atoms with van der Waals surface area (Å²) in [5.41, 5.74) is 16.8. The monoisotopic (exact) mass is 799 g/mol. The molecule has 0 aliphatic heterocycles. The lowest BCUT2D eigenvalue weighted by molar-refractivity contribution is -0.143. The average Bonchev–Trinajstić information content (AvgIpc) is 3.14. The van der Waals surface area contributed by atoms with Crippen LogP contribution in [0.4, 0.5) is 0 Å². The van der Waals surface area contributed by atoms with Crippen LogP contribution in [-0.4, -0.2) is 127 Å². The molecule has 0 saturated carbocycles. The fraction of sp³-hybridized carbons (Fsp3) is 0.743. The predicted molar refractivity (Wildman–Crippen MR) is 206 cm³/mol. The summed E-state index contributed by atoms with van der Waals surface area (Å²) in [5.74, 6) is -7.52. The molecule has 0 aromatic rings. The number of carboxylic acid groups (broad SMARTS) is 1. The second kappa shape index (κ2) is 27.7. The lowest BCUT2D eigenvalue weighted by Crippen LogP contribution is -2.57. The van der Waals surface area contributed by atoms with Crippen molar-refractivity contribution in [3.8, 4) is 0 Å². The first-order valence-electron chi connectivity index (χ1n) is 19.0. The maximum Gasteiger partial charge on any atom is 0.326 e. The minimum Gasteiger partial charge on any atom is -0.480 e. The quantitative estimate of drug-likeness (QED) is 0.0338. The lowest BCUT2D eigenvalue weighted by Gasteiger charge is -2.24. The van der Waals surface area contributed by atoms with Crippen LogP contribution >= 0.6 is 0 Å². The average molecular weight is 800 g/mol. The van der Waals surface area contributed by atoms with E-state index in [0.717, 1.165) is 0 Å². The van der Waals surface area contributed by atoms with E-state index in [2.05, 4.69) is 42.5 Å². The Morgan fingerprint density at radius 3 is 1.52 bits per heavy atom. The van der Waals surface area contributed by atoms with E-state index >= 15 is 0 Å². The Hall–Kier alpha value is -4.89. The van der Waals surface area contributed by atoms with Gasteiger partial charge in [-0.25, -0.2) is 4.79 Å². The van der Waals surface area contributed by atoms with Crippen LogP contribution in [0.2, 0.25) is 0 Å². The molecule has 0 aromatic carbocycles. The third-order valence-electron chi connectivity index (χ3n) is 8.68. The molecule has 0 rings (SSSR count). The standard InChI is InChI=1S/C35H65N11O10/c1-7-20(4)29(35(55)56)45-27(49)17-39-25(47)16-41-34(54)28(19(2)3)46-31(51)22(6)42-26(48)18-40-32(52)23(12-8-10-14-36)44-33(53)24(13-9-11-15-37)43-30(50)21(5)38/h19-24,28-29H,7-18,36-38H2,1-6H3,(H,39,47)(H,40,52)(H,41,54)(H,42,48)(H,43,50)(H,44,53)(H,45,49)(H,46,51)(H,55,56). The first-order chi connectivity index (χ1) is 26.3. The Kier molecular flexibility index (Phi) is 25.2. The fourth-order valence-electron chi connectivity index (χ4n) is 4.99. The third-order valence-corrected chi connectivity index (χ3v) is 8.68. The van der Waals surface area contributed by atoms with Gasteiger partial charge in [-0.05, 0) is 77.3 Å². The summed E-state index contributed by atoms with van der Waals surface area (Å²) in [4.78, 5) is 113. The third kappa shape index (κ3) is 20.7. The summed E-state index contributed by atoms with van der Waals surface area (Å²) in [7, 11) is 0. The van der Waals surface area contributed by atoms with E-state index in [1.807, 2.05) is 0 Å². The Morgan fingerprint density at radius 2 is 1.02 bits per heavy atom. The molecule has 0 aromatic heterocycles. The second-order valence-electron chi connectivity index (χ2n) is 14.0. The summed E-state index contributed by atoms with van der Waals surface area (Å²) in [6, 6.07) is -6.34. The summed E-state index contributed by atoms with van der Waals surface area (Å²) in [6.45, 7) is 8.65. The number of hydrogen-bond donors (Lipinski definition) is 12. The molecule has 7 unspecified atom stereocenters. The van der Waals surface area contributed by atoms with E-state index < -0.39 is 115 Å². The van der Waals surface area contributed by atoms with Gasteiger partial charge in [0, 0.05) is 0 Å². The molecule has 0 bridgehead atoms. The van der Waals surface area contributed by atoms with Gasteiger partial charge in [-0.15, -0.1) is 0 Å². The molecule has 56 heavy (non-hydrogen) atoms. The minimum absolute atomic E-state index is 0.188. The summed E-state index contributed by atoms with van der Waals surface area (Å²) >= 11 is 0. The fourth-order valence-corrected chi connectivity index (χ4v) is 4.99. The molecule has 0 spiro atoms. The van der Waals surface area contributed by atoms with Gasteiger partial charge >= 0.3 is 5.97 Å². The van der Waals surface area contributed by atoms with Gasteiger partial charge in [-0.2, -0.15) is 0 Å². The van der Waals surface area contributed by atoms with Gasteiger partial charge in [-0.3, -0.25) is 38.4 Å². The van der Waals surface area contributed by atoms with E-state index in [9.17, 15) is 48.3 Å². The number of aliphatic carboxylic acids is 1. The lowest BCUT2D eigenvalue weighted by atomic mass is 9.99. The number of hydrogen-bond acceptors (Lipinski definition) is 12. The summed E-state index contributed by atoms with van der Waals surface area (Å²) < 4.78 is 0. The van der Waals surface area contributed by atoms with Gasteiger partial charge in [0.2, 0.25) is 47.3 Å². The van der Waals surface area contributed by atoms with E-state index in [0.29, 0.717) is 45.2 Å². The van der Waals surface area contributed by atoms with Crippen LogP contribution in [0.5, 0.6) is 0 Å². The zero-order valence-electron chi connectivity index (χ0n) is 33.5. The smallest absolute Gasteiger partial charge is 0.326 e. The molecule has 0 aliphatic carbocycles. The highest BCUT2D eigenvalue weighted by Gasteiger charge is 2.30. The molecular formula is C35H65N11O10. The van der Waals surface area contributed by atoms with Crippen LogP contribution in [0.1, 0.15) is 86.5 Å². The second-order valence-corrected chi connectivity index (χ2v) is 14.0. The zero-order chi connectivity index (χ0) is 43.0. The molecule has 7 atom stereocenters. The van der Waals surface area contributed by atoms with Crippen molar-refractivity contribution in [2.45, 2.75) is 123 Å². The maximum atomic E-state index is 13.2. The van der Waals surface area contributed by atoms with Crippen molar-refractivity contribution >= 4 is 53.2 Å². The number of rotatable bonds is 28. The molecule has 0 heterocycles. The minimum atomic E-state index is -1.21. The van der Waals surface area contributed by atoms with Crippen molar-refractivity contribution in [2.75, 3.05) is 32.7 Å². The van der Waals surface area contributed by atoms with Crippen LogP contribution < -0.4 is 59.7 Å². The van der Waals surface area contributed by atoms with E-state index in [-0.39, 0.29) is 18.8 Å². The Balaban J connectivity index is 5.22. The first-order valence-corrected chi connectivity index (χ1v) is 19.0. The SMILES string of the molecule is CCC(C)C(NC(=O)CNC(=O)CNC(=O)C(NC(=O)C(C)NC(=O)CNC(=O)C(CCCCN)NC(=O)C(CCCCN)NC(=O)C(C)N)C(C)C)C(=O)O. The molecule has 0 aliphatic rings. The normalized spacial score (nSPS) is 14.7. The van der Waals surface area contributed by atoms with E-state index in [1.165, 1.54) is 13.8 Å². The summed E-state index contributed by atoms with van der Waals surface area (Å²) in [6.07, 6.45) is 3.12. The number of carbonyl (C=O) groups is 9. The number of carboxylic acids is 1. The molecule has 21 heteroatoms. The van der Waals surface area contributed by atoms with Crippen molar-refractivity contribution in [3.05, 3.63) is 0 Å². The van der Waals surface area contributed by atoms with Crippen molar-refractivity contribution < 1.29 is 48.3 Å². The molecule has 320 valence electrons. The molecule has 21 nitrogen and oxygen atoms in total. The van der Waals surface area contributed by atoms with Crippen molar-refractivity contribution in [3.63, 3.8) is 0 Å². The van der Waals surface area contributed by atoms with Crippen molar-refractivity contribution in [2.24, 2.45) is 29.0 Å². The van der Waals surface area contributed by atoms with E-state index in [4.69, 9.17) is 17.2 Å². The summed E-state index contributed by atoms with van der Waals surface area (Å²) in [5, 5.41) is 29.0. The van der Waals surface area contributed by atoms with E-state index in [1.54, 1.807) is 27.7 Å². The van der Waals surface area contributed by atoms with Crippen LogP contribution in [0.25, 0.3) is 0 Å². The maximum absolute atomic E-state index is 13.2. The van der Waals surface area contributed by atoms with Crippen LogP contribution in [0, 0.1) is 11.8 Å². The topological polar surface area (TPSA) is 348 Å². The molecule has 0 fully saturated rings. The van der Waals surface area contributed by atoms with Gasteiger partial charge in [0.1, 0.15) is 30.2 Å². The number of amides is 8. The van der Waals surface area contributed by atoms with Gasteiger partial charge in [0.05, 0.1) is 25.7 Å². The highest BCUT2D eigenvalue weighted by atomic mass is 16.4. The first kappa shape index (κ1) is 51.1. The predicted octanol–water partition coefficient (Wildman–Crippen LogP) is -3.83. The Morgan fingerprint density at radius 1 is 0.536 bits per heavy atom. The van der Waals surface area contributed by atoms with Gasteiger partial charge in [0.25, 0.3) is 0 Å². The molecular weight excluding hydrogens is 734 g/mol.